The highest BCUT2D eigenvalue weighted by Gasteiger charge is 2.34. The molecule has 3 aliphatic rings. The van der Waals surface area contributed by atoms with Gasteiger partial charge in [0.15, 0.2) is 0 Å². The van der Waals surface area contributed by atoms with E-state index < -0.39 is 0 Å². The number of hydrogen-bond acceptors (Lipinski definition) is 4. The zero-order valence-electron chi connectivity index (χ0n) is 16.9. The molecular formula is C22H27N3O4. The van der Waals surface area contributed by atoms with Crippen LogP contribution in [0.4, 0.5) is 0 Å². The van der Waals surface area contributed by atoms with Gasteiger partial charge in [0.1, 0.15) is 0 Å². The Kier molecular flexibility index (Phi) is 5.39. The second-order valence-corrected chi connectivity index (χ2v) is 8.29. The molecule has 0 radical (unpaired) electrons. The molecule has 4 rings (SSSR count). The molecule has 1 aromatic carbocycles. The monoisotopic (exact) mass is 397 g/mol. The van der Waals surface area contributed by atoms with Gasteiger partial charge in [-0.2, -0.15) is 0 Å². The molecular weight excluding hydrogens is 370 g/mol. The molecule has 0 N–H and O–H groups in total. The van der Waals surface area contributed by atoms with Gasteiger partial charge in [-0.3, -0.25) is 24.1 Å². The van der Waals surface area contributed by atoms with Gasteiger partial charge in [-0.15, -0.1) is 0 Å². The number of fused-ring (bicyclic) bond motifs is 1. The zero-order valence-corrected chi connectivity index (χ0v) is 16.9. The Bertz CT molecular complexity index is 852. The first-order chi connectivity index (χ1) is 14.0. The van der Waals surface area contributed by atoms with Crippen molar-refractivity contribution in [3.63, 3.8) is 0 Å². The maximum Gasteiger partial charge on any atom is 0.261 e. The average Bonchev–Trinajstić information content (AvgIpc) is 3.35. The second-order valence-electron chi connectivity index (χ2n) is 8.29. The number of carbonyl (C=O) groups is 4. The summed E-state index contributed by atoms with van der Waals surface area (Å²) in [5, 5.41) is 0. The van der Waals surface area contributed by atoms with Crippen LogP contribution < -0.4 is 0 Å². The minimum absolute atomic E-state index is 0.166. The highest BCUT2D eigenvalue weighted by Crippen LogP contribution is 2.29. The molecule has 154 valence electrons. The molecule has 29 heavy (non-hydrogen) atoms. The Hall–Kier alpha value is -2.70. The highest BCUT2D eigenvalue weighted by atomic mass is 16.2. The number of nitrogens with zero attached hydrogens (tertiary/aromatic N) is 3. The summed E-state index contributed by atoms with van der Waals surface area (Å²) >= 11 is 0. The predicted molar refractivity (Wildman–Crippen MR) is 107 cm³/mol. The van der Waals surface area contributed by atoms with E-state index in [1.807, 2.05) is 4.90 Å². The van der Waals surface area contributed by atoms with Crippen molar-refractivity contribution < 1.29 is 19.2 Å². The van der Waals surface area contributed by atoms with Crippen LogP contribution in [0, 0.1) is 5.92 Å². The van der Waals surface area contributed by atoms with Crippen LogP contribution in [-0.4, -0.2) is 71.6 Å². The lowest BCUT2D eigenvalue weighted by Gasteiger charge is -2.35. The van der Waals surface area contributed by atoms with E-state index in [2.05, 4.69) is 0 Å². The number of rotatable bonds is 4. The molecule has 4 amide bonds. The molecule has 1 aromatic rings. The third kappa shape index (κ3) is 3.78. The first kappa shape index (κ1) is 19.6. The first-order valence-corrected chi connectivity index (χ1v) is 10.5. The lowest BCUT2D eigenvalue weighted by atomic mass is 10.0. The van der Waals surface area contributed by atoms with Gasteiger partial charge >= 0.3 is 0 Å². The van der Waals surface area contributed by atoms with Crippen molar-refractivity contribution in [2.75, 3.05) is 33.2 Å². The van der Waals surface area contributed by atoms with Crippen LogP contribution in [0.15, 0.2) is 18.2 Å². The minimum Gasteiger partial charge on any atom is -0.339 e. The molecule has 2 fully saturated rings. The molecule has 0 atom stereocenters. The highest BCUT2D eigenvalue weighted by molar-refractivity contribution is 6.21. The fourth-order valence-electron chi connectivity index (χ4n) is 4.62. The summed E-state index contributed by atoms with van der Waals surface area (Å²) in [6, 6.07) is 4.67. The zero-order chi connectivity index (χ0) is 20.5. The van der Waals surface area contributed by atoms with Crippen LogP contribution in [0.5, 0.6) is 0 Å². The Balaban J connectivity index is 1.33. The number of hydrogen-bond donors (Lipinski definition) is 0. The van der Waals surface area contributed by atoms with Crippen molar-refractivity contribution in [2.45, 2.75) is 38.5 Å². The Labute approximate surface area is 170 Å². The second kappa shape index (κ2) is 7.97. The summed E-state index contributed by atoms with van der Waals surface area (Å²) < 4.78 is 0. The molecule has 0 unspecified atom stereocenters. The summed E-state index contributed by atoms with van der Waals surface area (Å²) in [5.41, 5.74) is 1.03. The van der Waals surface area contributed by atoms with E-state index in [0.717, 1.165) is 11.3 Å². The van der Waals surface area contributed by atoms with Crippen molar-refractivity contribution >= 4 is 23.6 Å². The quantitative estimate of drug-likeness (QED) is 0.730. The molecule has 2 heterocycles. The van der Waals surface area contributed by atoms with Crippen LogP contribution in [0.25, 0.3) is 0 Å². The molecule has 1 aliphatic carbocycles. The number of benzene rings is 1. The standard InChI is InChI=1S/C22H27N3O4/c1-23-21(28)17-8-7-16(14-18(17)22(23)29)20(27)25-12-10-24(11-13-25)19(26)9-6-15-4-2-3-5-15/h7-8,14-15H,2-6,9-13H2,1H3. The van der Waals surface area contributed by atoms with Crippen molar-refractivity contribution in [3.05, 3.63) is 34.9 Å². The van der Waals surface area contributed by atoms with Gasteiger partial charge < -0.3 is 9.80 Å². The van der Waals surface area contributed by atoms with Crippen molar-refractivity contribution in [3.8, 4) is 0 Å². The normalized spacial score (nSPS) is 19.8. The number of amides is 4. The SMILES string of the molecule is CN1C(=O)c2ccc(C(=O)N3CCN(C(=O)CCC4CCCC4)CC3)cc2C1=O. The van der Waals surface area contributed by atoms with E-state index in [1.165, 1.54) is 38.8 Å². The van der Waals surface area contributed by atoms with Crippen molar-refractivity contribution in [1.82, 2.24) is 14.7 Å². The molecule has 7 nitrogen and oxygen atoms in total. The van der Waals surface area contributed by atoms with Crippen LogP contribution in [0.1, 0.15) is 69.6 Å². The minimum atomic E-state index is -0.377. The Morgan fingerprint density at radius 2 is 1.55 bits per heavy atom. The van der Waals surface area contributed by atoms with Crippen LogP contribution in [0.3, 0.4) is 0 Å². The maximum absolute atomic E-state index is 12.9. The summed E-state index contributed by atoms with van der Waals surface area (Å²) in [6.45, 7) is 2.05. The Morgan fingerprint density at radius 3 is 2.24 bits per heavy atom. The van der Waals surface area contributed by atoms with E-state index in [4.69, 9.17) is 0 Å². The van der Waals surface area contributed by atoms with E-state index in [-0.39, 0.29) is 29.2 Å². The van der Waals surface area contributed by atoms with Gasteiger partial charge in [0.25, 0.3) is 17.7 Å². The molecule has 0 bridgehead atoms. The predicted octanol–water partition coefficient (Wildman–Crippen LogP) is 2.17. The summed E-state index contributed by atoms with van der Waals surface area (Å²) in [6.07, 6.45) is 6.67. The Morgan fingerprint density at radius 1 is 0.931 bits per heavy atom. The molecule has 0 spiro atoms. The molecule has 1 saturated heterocycles. The van der Waals surface area contributed by atoms with Crippen LogP contribution in [-0.2, 0) is 4.79 Å². The van der Waals surface area contributed by atoms with Crippen LogP contribution >= 0.6 is 0 Å². The number of carbonyl (C=O) groups excluding carboxylic acids is 4. The first-order valence-electron chi connectivity index (χ1n) is 10.5. The van der Waals surface area contributed by atoms with Gasteiger partial charge in [-0.05, 0) is 30.5 Å². The summed E-state index contributed by atoms with van der Waals surface area (Å²) in [5.74, 6) is 0.00986. The lowest BCUT2D eigenvalue weighted by Crippen LogP contribution is -2.50. The fraction of sp³-hybridized carbons (Fsp3) is 0.545. The van der Waals surface area contributed by atoms with Gasteiger partial charge in [-0.1, -0.05) is 25.7 Å². The van der Waals surface area contributed by atoms with Crippen LogP contribution in [0.2, 0.25) is 0 Å². The van der Waals surface area contributed by atoms with E-state index in [0.29, 0.717) is 49.6 Å². The summed E-state index contributed by atoms with van der Waals surface area (Å²) in [4.78, 5) is 54.1. The fourth-order valence-corrected chi connectivity index (χ4v) is 4.62. The molecule has 7 heteroatoms. The maximum atomic E-state index is 12.9. The number of imide groups is 1. The van der Waals surface area contributed by atoms with E-state index >= 15 is 0 Å². The third-order valence-electron chi connectivity index (χ3n) is 6.50. The topological polar surface area (TPSA) is 78.0 Å². The largest absolute Gasteiger partial charge is 0.339 e. The molecule has 2 aliphatic heterocycles. The lowest BCUT2D eigenvalue weighted by molar-refractivity contribution is -0.133. The van der Waals surface area contributed by atoms with E-state index in [1.54, 1.807) is 17.0 Å². The number of piperazine rings is 1. The average molecular weight is 397 g/mol. The smallest absolute Gasteiger partial charge is 0.261 e. The molecule has 1 saturated carbocycles. The van der Waals surface area contributed by atoms with Crippen molar-refractivity contribution in [1.29, 1.82) is 0 Å². The van der Waals surface area contributed by atoms with Gasteiger partial charge in [0, 0.05) is 45.2 Å². The third-order valence-corrected chi connectivity index (χ3v) is 6.50. The van der Waals surface area contributed by atoms with Crippen molar-refractivity contribution in [2.24, 2.45) is 5.92 Å². The molecule has 0 aromatic heterocycles. The van der Waals surface area contributed by atoms with E-state index in [9.17, 15) is 19.2 Å². The van der Waals surface area contributed by atoms with Gasteiger partial charge in [-0.25, -0.2) is 0 Å². The van der Waals surface area contributed by atoms with Gasteiger partial charge in [0.05, 0.1) is 11.1 Å². The summed E-state index contributed by atoms with van der Waals surface area (Å²) in [7, 11) is 1.44. The van der Waals surface area contributed by atoms with Gasteiger partial charge in [0.2, 0.25) is 5.91 Å².